The summed E-state index contributed by atoms with van der Waals surface area (Å²) >= 11 is 1.75. The fourth-order valence-electron chi connectivity index (χ4n) is 0.680. The minimum atomic E-state index is -0.250. The molecule has 2 rings (SSSR count). The van der Waals surface area contributed by atoms with Crippen molar-refractivity contribution in [3.05, 3.63) is 48.6 Å². The van der Waals surface area contributed by atoms with E-state index in [-0.39, 0.29) is 12.9 Å². The molecule has 0 saturated carbocycles. The number of hydrogen-bond acceptors (Lipinski definition) is 2. The zero-order valence-corrected chi connectivity index (χ0v) is 11.5. The second-order valence-electron chi connectivity index (χ2n) is 2.22. The molecule has 0 aromatic rings. The normalized spacial score (nSPS) is 11.4. The third-order valence-corrected chi connectivity index (χ3v) is 1.17. The molecule has 0 atom stereocenters. The molecule has 5 heteroatoms. The quantitative estimate of drug-likeness (QED) is 0.405. The maximum atomic E-state index is 8.36. The average Bonchev–Trinajstić information content (AvgIpc) is 3.12. The second-order valence-corrected chi connectivity index (χ2v) is 2.22. The Kier molecular flexibility index (Phi) is 35.7. The molecule has 0 heterocycles. The van der Waals surface area contributed by atoms with Gasteiger partial charge in [-0.3, -0.25) is 21.7 Å². The summed E-state index contributed by atoms with van der Waals surface area (Å²) in [5.74, 6) is 0. The SMILES string of the molecule is O=CO.O=CO.[C-]1=CC=CC1.[C-]1=CC=CC1.[CH2]=[Ti+2]. The summed E-state index contributed by atoms with van der Waals surface area (Å²) in [6.45, 7) is -0.500. The van der Waals surface area contributed by atoms with E-state index in [1.54, 1.807) is 20.0 Å². The number of rotatable bonds is 0. The Morgan fingerprint density at radius 3 is 1.28 bits per heavy atom. The Morgan fingerprint density at radius 1 is 0.944 bits per heavy atom. The van der Waals surface area contributed by atoms with Crippen LogP contribution in [0.15, 0.2) is 36.5 Å². The zero-order valence-electron chi connectivity index (χ0n) is 9.95. The number of allylic oxidation sites excluding steroid dienone is 8. The molecule has 0 aromatic carbocycles. The Morgan fingerprint density at radius 2 is 1.22 bits per heavy atom. The zero-order chi connectivity index (χ0) is 14.5. The molecule has 2 N–H and O–H groups in total. The van der Waals surface area contributed by atoms with Gasteiger partial charge in [-0.1, -0.05) is 0 Å². The van der Waals surface area contributed by atoms with Crippen LogP contribution in [-0.4, -0.2) is 28.0 Å². The van der Waals surface area contributed by atoms with Crippen LogP contribution in [0, 0.1) is 12.2 Å². The molecule has 0 aliphatic heterocycles. The molecular weight excluding hydrogens is 268 g/mol. The first-order chi connectivity index (χ1) is 8.83. The van der Waals surface area contributed by atoms with E-state index in [0.717, 1.165) is 12.8 Å². The minimum absolute atomic E-state index is 0.250. The van der Waals surface area contributed by atoms with Crippen molar-refractivity contribution in [3.63, 3.8) is 0 Å². The van der Waals surface area contributed by atoms with Gasteiger partial charge >= 0.3 is 24.8 Å². The Bertz CT molecular complexity index is 233. The third kappa shape index (κ3) is 36.6. The predicted octanol–water partition coefficient (Wildman–Crippen LogP) is 1.98. The second kappa shape index (κ2) is 29.6. The van der Waals surface area contributed by atoms with Gasteiger partial charge < -0.3 is 10.2 Å². The van der Waals surface area contributed by atoms with Gasteiger partial charge in [0.05, 0.1) is 0 Å². The van der Waals surface area contributed by atoms with Gasteiger partial charge in [-0.05, 0) is 0 Å². The molecule has 0 bridgehead atoms. The molecule has 2 aliphatic rings. The van der Waals surface area contributed by atoms with E-state index in [1.165, 1.54) is 0 Å². The van der Waals surface area contributed by atoms with Gasteiger partial charge in [0.2, 0.25) is 0 Å². The summed E-state index contributed by atoms with van der Waals surface area (Å²) in [5.41, 5.74) is 0. The van der Waals surface area contributed by atoms with Gasteiger partial charge in [0.15, 0.2) is 0 Å². The van der Waals surface area contributed by atoms with Crippen LogP contribution in [0.5, 0.6) is 0 Å². The number of hydrogen-bond donors (Lipinski definition) is 2. The van der Waals surface area contributed by atoms with Crippen molar-refractivity contribution in [2.24, 2.45) is 0 Å². The van der Waals surface area contributed by atoms with Crippen LogP contribution in [0.1, 0.15) is 12.8 Å². The van der Waals surface area contributed by atoms with Crippen molar-refractivity contribution in [1.82, 2.24) is 0 Å². The summed E-state index contributed by atoms with van der Waals surface area (Å²) in [4.78, 5) is 20.0. The molecule has 2 aliphatic carbocycles. The summed E-state index contributed by atoms with van der Waals surface area (Å²) in [6.07, 6.45) is 20.0. The van der Waals surface area contributed by atoms with Crippen LogP contribution in [0.2, 0.25) is 0 Å². The molecule has 4 nitrogen and oxygen atoms in total. The van der Waals surface area contributed by atoms with Crippen LogP contribution >= 0.6 is 0 Å². The molecule has 0 unspecified atom stereocenters. The summed E-state index contributed by atoms with van der Waals surface area (Å²) < 4.78 is 0. The first-order valence-corrected chi connectivity index (χ1v) is 5.88. The maximum absolute atomic E-state index is 8.36. The van der Waals surface area contributed by atoms with Crippen molar-refractivity contribution >= 4 is 17.8 Å². The van der Waals surface area contributed by atoms with Crippen molar-refractivity contribution < 1.29 is 39.8 Å². The van der Waals surface area contributed by atoms with Crippen molar-refractivity contribution in [3.8, 4) is 0 Å². The number of carbonyl (C=O) groups is 2. The molecule has 0 saturated heterocycles. The van der Waals surface area contributed by atoms with E-state index >= 15 is 0 Å². The molecule has 0 fully saturated rings. The molecule has 96 valence electrons. The van der Waals surface area contributed by atoms with Crippen molar-refractivity contribution in [1.29, 1.82) is 0 Å². The monoisotopic (exact) mass is 284 g/mol. The molecule has 0 amide bonds. The van der Waals surface area contributed by atoms with E-state index in [1.807, 2.05) is 24.3 Å². The first-order valence-electron chi connectivity index (χ1n) is 4.78. The Balaban J connectivity index is -0.000000165. The van der Waals surface area contributed by atoms with Crippen LogP contribution < -0.4 is 0 Å². The summed E-state index contributed by atoms with van der Waals surface area (Å²) in [6, 6.07) is 0. The van der Waals surface area contributed by atoms with Gasteiger partial charge in [-0.25, -0.2) is 24.3 Å². The van der Waals surface area contributed by atoms with Crippen LogP contribution in [0.3, 0.4) is 0 Å². The molecule has 0 spiro atoms. The average molecular weight is 284 g/mol. The summed E-state index contributed by atoms with van der Waals surface area (Å²) in [5, 5.41) is 13.8. The van der Waals surface area contributed by atoms with E-state index in [0.29, 0.717) is 0 Å². The van der Waals surface area contributed by atoms with Crippen molar-refractivity contribution in [2.75, 3.05) is 0 Å². The third-order valence-electron chi connectivity index (χ3n) is 1.17. The van der Waals surface area contributed by atoms with E-state index in [9.17, 15) is 0 Å². The summed E-state index contributed by atoms with van der Waals surface area (Å²) in [7, 11) is 0. The van der Waals surface area contributed by atoms with Gasteiger partial charge in [0, 0.05) is 0 Å². The van der Waals surface area contributed by atoms with Crippen LogP contribution in [0.4, 0.5) is 0 Å². The number of carboxylic acid groups (broad SMARTS) is 2. The Hall–Kier alpha value is -1.52. The topological polar surface area (TPSA) is 74.6 Å². The van der Waals surface area contributed by atoms with Crippen molar-refractivity contribution in [2.45, 2.75) is 12.8 Å². The fraction of sp³-hybridized carbons (Fsp3) is 0.154. The Labute approximate surface area is 119 Å². The molecule has 0 aromatic heterocycles. The van der Waals surface area contributed by atoms with Crippen LogP contribution in [-0.2, 0) is 29.6 Å². The molecular formula is C13H16O4Ti. The van der Waals surface area contributed by atoms with Gasteiger partial charge in [-0.15, -0.1) is 12.8 Å². The van der Waals surface area contributed by atoms with E-state index in [2.05, 4.69) is 29.1 Å². The molecule has 0 radical (unpaired) electrons. The predicted molar refractivity (Wildman–Crippen MR) is 67.6 cm³/mol. The van der Waals surface area contributed by atoms with E-state index < -0.39 is 0 Å². The fourth-order valence-corrected chi connectivity index (χ4v) is 0.680. The first kappa shape index (κ1) is 21.7. The standard InChI is InChI=1S/2C5H5.2CH2O2.CH2.Ti/c2*1-2-4-5-3-1;2*2-1-3;;/h2*1-3H,4H2;2*1H,(H,2,3);1H2;/q2*-1;;;;+2. The van der Waals surface area contributed by atoms with Crippen LogP contribution in [0.25, 0.3) is 0 Å². The van der Waals surface area contributed by atoms with Gasteiger partial charge in [0.1, 0.15) is 0 Å². The van der Waals surface area contributed by atoms with Gasteiger partial charge in [-0.2, -0.15) is 12.2 Å². The van der Waals surface area contributed by atoms with Gasteiger partial charge in [0.25, 0.3) is 12.9 Å². The van der Waals surface area contributed by atoms with E-state index in [4.69, 9.17) is 19.8 Å². The molecule has 18 heavy (non-hydrogen) atoms.